The maximum absolute atomic E-state index is 12.7. The fourth-order valence-corrected chi connectivity index (χ4v) is 4.86. The minimum atomic E-state index is -3.55. The van der Waals surface area contributed by atoms with Crippen molar-refractivity contribution in [1.82, 2.24) is 5.32 Å². The Balaban J connectivity index is 2.34. The van der Waals surface area contributed by atoms with Gasteiger partial charge in [-0.3, -0.25) is 4.79 Å². The van der Waals surface area contributed by atoms with Gasteiger partial charge in [-0.15, -0.1) is 22.9 Å². The van der Waals surface area contributed by atoms with Gasteiger partial charge in [0.2, 0.25) is 5.91 Å². The molecule has 2 rings (SSSR count). The largest absolute Gasteiger partial charge is 0.353 e. The zero-order valence-corrected chi connectivity index (χ0v) is 13.4. The summed E-state index contributed by atoms with van der Waals surface area (Å²) in [4.78, 5) is 11.3. The number of benzene rings is 1. The van der Waals surface area contributed by atoms with Crippen LogP contribution in [-0.4, -0.2) is 26.7 Å². The molecule has 0 unspecified atom stereocenters. The SMILES string of the molecule is O=C(CCl)NC[C@H](c1ccccc1)S(=O)(=O)c1cccs1. The van der Waals surface area contributed by atoms with Crippen molar-refractivity contribution in [3.05, 3.63) is 53.4 Å². The van der Waals surface area contributed by atoms with Gasteiger partial charge in [0.05, 0.1) is 0 Å². The first-order valence-corrected chi connectivity index (χ1v) is 9.16. The third-order valence-corrected chi connectivity index (χ3v) is 6.70. The van der Waals surface area contributed by atoms with Crippen LogP contribution in [0.3, 0.4) is 0 Å². The molecule has 1 N–H and O–H groups in total. The molecule has 1 aromatic heterocycles. The van der Waals surface area contributed by atoms with Gasteiger partial charge in [-0.05, 0) is 17.0 Å². The van der Waals surface area contributed by atoms with Gasteiger partial charge in [0.25, 0.3) is 0 Å². The highest BCUT2D eigenvalue weighted by Gasteiger charge is 2.30. The second-order valence-electron chi connectivity index (χ2n) is 4.31. The number of amides is 1. The third-order valence-electron chi connectivity index (χ3n) is 2.93. The van der Waals surface area contributed by atoms with Crippen LogP contribution in [0.15, 0.2) is 52.1 Å². The van der Waals surface area contributed by atoms with Crippen LogP contribution in [-0.2, 0) is 14.6 Å². The van der Waals surface area contributed by atoms with Crippen molar-refractivity contribution >= 4 is 38.7 Å². The molecule has 21 heavy (non-hydrogen) atoms. The van der Waals surface area contributed by atoms with Crippen LogP contribution in [0.25, 0.3) is 0 Å². The molecule has 112 valence electrons. The number of nitrogens with one attached hydrogen (secondary N) is 1. The number of carbonyl (C=O) groups excluding carboxylic acids is 1. The van der Waals surface area contributed by atoms with Crippen LogP contribution in [0.1, 0.15) is 10.8 Å². The Morgan fingerprint density at radius 1 is 1.19 bits per heavy atom. The Bertz CT molecular complexity index is 684. The van der Waals surface area contributed by atoms with Gasteiger partial charge < -0.3 is 5.32 Å². The lowest BCUT2D eigenvalue weighted by atomic mass is 10.1. The van der Waals surface area contributed by atoms with Crippen molar-refractivity contribution in [2.45, 2.75) is 9.46 Å². The number of hydrogen-bond donors (Lipinski definition) is 1. The molecule has 4 nitrogen and oxygen atoms in total. The van der Waals surface area contributed by atoms with Crippen molar-refractivity contribution in [2.75, 3.05) is 12.4 Å². The number of sulfone groups is 1. The van der Waals surface area contributed by atoms with Gasteiger partial charge in [0.15, 0.2) is 9.84 Å². The monoisotopic (exact) mass is 343 g/mol. The molecular formula is C14H14ClNO3S2. The lowest BCUT2D eigenvalue weighted by Crippen LogP contribution is -2.32. The maximum Gasteiger partial charge on any atom is 0.234 e. The van der Waals surface area contributed by atoms with Gasteiger partial charge in [0, 0.05) is 6.54 Å². The first-order chi connectivity index (χ1) is 10.1. The average Bonchev–Trinajstić information content (AvgIpc) is 3.03. The predicted molar refractivity (Wildman–Crippen MR) is 84.4 cm³/mol. The van der Waals surface area contributed by atoms with E-state index >= 15 is 0 Å². The summed E-state index contributed by atoms with van der Waals surface area (Å²) in [5.41, 5.74) is 0.640. The Hall–Kier alpha value is -1.37. The van der Waals surface area contributed by atoms with E-state index in [0.717, 1.165) is 0 Å². The molecule has 0 aliphatic heterocycles. The van der Waals surface area contributed by atoms with E-state index < -0.39 is 15.1 Å². The number of alkyl halides is 1. The van der Waals surface area contributed by atoms with E-state index in [4.69, 9.17) is 11.6 Å². The molecule has 2 aromatic rings. The number of rotatable bonds is 6. The van der Waals surface area contributed by atoms with Crippen molar-refractivity contribution in [2.24, 2.45) is 0 Å². The predicted octanol–water partition coefficient (Wildman–Crippen LogP) is 2.62. The van der Waals surface area contributed by atoms with E-state index in [1.807, 2.05) is 6.07 Å². The quantitative estimate of drug-likeness (QED) is 0.820. The highest BCUT2D eigenvalue weighted by atomic mass is 35.5. The second-order valence-corrected chi connectivity index (χ2v) is 7.89. The molecule has 0 radical (unpaired) electrons. The lowest BCUT2D eigenvalue weighted by molar-refractivity contribution is -0.118. The third kappa shape index (κ3) is 3.84. The van der Waals surface area contributed by atoms with Crippen LogP contribution in [0.4, 0.5) is 0 Å². The molecule has 1 amide bonds. The summed E-state index contributed by atoms with van der Waals surface area (Å²) < 4.78 is 25.7. The van der Waals surface area contributed by atoms with Gasteiger partial charge >= 0.3 is 0 Å². The smallest absolute Gasteiger partial charge is 0.234 e. The molecule has 7 heteroatoms. The molecule has 0 aliphatic rings. The first kappa shape index (κ1) is 16.0. The summed E-state index contributed by atoms with van der Waals surface area (Å²) >= 11 is 6.60. The Morgan fingerprint density at radius 3 is 2.48 bits per heavy atom. The molecule has 0 bridgehead atoms. The minimum absolute atomic E-state index is 0.00417. The summed E-state index contributed by atoms with van der Waals surface area (Å²) in [7, 11) is -3.55. The van der Waals surface area contributed by atoms with E-state index in [0.29, 0.717) is 5.56 Å². The lowest BCUT2D eigenvalue weighted by Gasteiger charge is -2.17. The van der Waals surface area contributed by atoms with E-state index in [1.165, 1.54) is 11.3 Å². The Kier molecular flexibility index (Phi) is 5.39. The van der Waals surface area contributed by atoms with Crippen LogP contribution in [0, 0.1) is 0 Å². The van der Waals surface area contributed by atoms with Crippen LogP contribution in [0.2, 0.25) is 0 Å². The standard InChI is InChI=1S/C14H14ClNO3S2/c15-9-13(17)16-10-12(11-5-2-1-3-6-11)21(18,19)14-7-4-8-20-14/h1-8,12H,9-10H2,(H,16,17)/t12-/m1/s1. The van der Waals surface area contributed by atoms with E-state index in [9.17, 15) is 13.2 Å². The normalized spacial score (nSPS) is 12.8. The molecule has 1 aromatic carbocycles. The van der Waals surface area contributed by atoms with E-state index in [1.54, 1.807) is 41.8 Å². The van der Waals surface area contributed by atoms with Crippen molar-refractivity contribution < 1.29 is 13.2 Å². The molecule has 0 fully saturated rings. The molecule has 1 atom stereocenters. The summed E-state index contributed by atoms with van der Waals surface area (Å²) in [6.07, 6.45) is 0. The van der Waals surface area contributed by atoms with Gasteiger partial charge in [-0.2, -0.15) is 0 Å². The van der Waals surface area contributed by atoms with Crippen LogP contribution < -0.4 is 5.32 Å². The zero-order valence-electron chi connectivity index (χ0n) is 11.0. The van der Waals surface area contributed by atoms with Crippen LogP contribution in [0.5, 0.6) is 0 Å². The molecule has 0 aliphatic carbocycles. The van der Waals surface area contributed by atoms with Gasteiger partial charge in [0.1, 0.15) is 15.3 Å². The van der Waals surface area contributed by atoms with Crippen molar-refractivity contribution in [3.63, 3.8) is 0 Å². The molecule has 1 heterocycles. The molecular weight excluding hydrogens is 330 g/mol. The van der Waals surface area contributed by atoms with Gasteiger partial charge in [-0.25, -0.2) is 8.42 Å². The highest BCUT2D eigenvalue weighted by Crippen LogP contribution is 2.30. The minimum Gasteiger partial charge on any atom is -0.353 e. The van der Waals surface area contributed by atoms with E-state index in [-0.39, 0.29) is 22.5 Å². The second kappa shape index (κ2) is 7.06. The topological polar surface area (TPSA) is 63.2 Å². The van der Waals surface area contributed by atoms with E-state index in [2.05, 4.69) is 5.32 Å². The van der Waals surface area contributed by atoms with Crippen LogP contribution >= 0.6 is 22.9 Å². The summed E-state index contributed by atoms with van der Waals surface area (Å²) in [5, 5.41) is 3.44. The van der Waals surface area contributed by atoms with Gasteiger partial charge in [-0.1, -0.05) is 36.4 Å². The van der Waals surface area contributed by atoms with Crippen molar-refractivity contribution in [3.8, 4) is 0 Å². The summed E-state index contributed by atoms with van der Waals surface area (Å²) in [6, 6.07) is 12.1. The Labute approximate surface area is 132 Å². The summed E-state index contributed by atoms with van der Waals surface area (Å²) in [6.45, 7) is -0.00417. The Morgan fingerprint density at radius 2 is 1.90 bits per heavy atom. The zero-order chi connectivity index (χ0) is 15.3. The first-order valence-electron chi connectivity index (χ1n) is 6.20. The fraction of sp³-hybridized carbons (Fsp3) is 0.214. The fourth-order valence-electron chi connectivity index (χ4n) is 1.89. The average molecular weight is 344 g/mol. The van der Waals surface area contributed by atoms with Crippen molar-refractivity contribution in [1.29, 1.82) is 0 Å². The maximum atomic E-state index is 12.7. The number of thiophene rings is 1. The summed E-state index contributed by atoms with van der Waals surface area (Å²) in [5.74, 6) is -0.584. The number of hydrogen-bond acceptors (Lipinski definition) is 4. The highest BCUT2D eigenvalue weighted by molar-refractivity contribution is 7.93. The number of carbonyl (C=O) groups is 1. The molecule has 0 spiro atoms. The number of halogens is 1. The molecule has 0 saturated carbocycles. The molecule has 0 saturated heterocycles.